The van der Waals surface area contributed by atoms with Crippen molar-refractivity contribution < 1.29 is 9.53 Å². The molecule has 2 aromatic heterocycles. The van der Waals surface area contributed by atoms with Gasteiger partial charge in [-0.25, -0.2) is 4.98 Å². The molecule has 154 valence electrons. The maximum atomic E-state index is 12.4. The fraction of sp³-hybridized carbons (Fsp3) is 0.333. The Balaban J connectivity index is 1.31. The third-order valence-corrected chi connectivity index (χ3v) is 6.98. The first-order chi connectivity index (χ1) is 14.7. The molecule has 1 amide bonds. The largest absolute Gasteiger partial charge is 0.497 e. The summed E-state index contributed by atoms with van der Waals surface area (Å²) in [4.78, 5) is 18.1. The molecule has 7 nitrogen and oxygen atoms in total. The standard InChI is InChI=1S/C21H21N5O2S2/c1-28-14-8-6-13(7-9-14)19-24-21(26-25-19)29-11-10-18(27)23-20-16(12-22)15-4-2-3-5-17(15)30-20/h6-9H,2-5,10-11H2,1H3,(H,23,27)(H,24,25,26). The number of hydrogen-bond donors (Lipinski definition) is 2. The fourth-order valence-electron chi connectivity index (χ4n) is 3.39. The van der Waals surface area contributed by atoms with Crippen LogP contribution < -0.4 is 10.1 Å². The number of fused-ring (bicyclic) bond motifs is 1. The normalized spacial score (nSPS) is 12.8. The van der Waals surface area contributed by atoms with Crippen LogP contribution in [-0.4, -0.2) is 34.0 Å². The third-order valence-electron chi connectivity index (χ3n) is 4.92. The zero-order valence-corrected chi connectivity index (χ0v) is 18.2. The van der Waals surface area contributed by atoms with Crippen molar-refractivity contribution in [3.8, 4) is 23.2 Å². The number of benzene rings is 1. The van der Waals surface area contributed by atoms with E-state index in [-0.39, 0.29) is 5.91 Å². The van der Waals surface area contributed by atoms with Gasteiger partial charge in [-0.3, -0.25) is 9.89 Å². The highest BCUT2D eigenvalue weighted by Crippen LogP contribution is 2.37. The number of nitriles is 1. The van der Waals surface area contributed by atoms with E-state index >= 15 is 0 Å². The van der Waals surface area contributed by atoms with Crippen LogP contribution in [0.5, 0.6) is 5.75 Å². The first-order valence-corrected chi connectivity index (χ1v) is 11.5. The van der Waals surface area contributed by atoms with E-state index in [4.69, 9.17) is 4.74 Å². The summed E-state index contributed by atoms with van der Waals surface area (Å²) in [7, 11) is 1.63. The molecule has 2 N–H and O–H groups in total. The Morgan fingerprint density at radius 1 is 1.33 bits per heavy atom. The van der Waals surface area contributed by atoms with Gasteiger partial charge in [0.15, 0.2) is 5.82 Å². The highest BCUT2D eigenvalue weighted by molar-refractivity contribution is 7.99. The van der Waals surface area contributed by atoms with Crippen molar-refractivity contribution in [2.45, 2.75) is 37.3 Å². The second kappa shape index (κ2) is 9.32. The van der Waals surface area contributed by atoms with Crippen molar-refractivity contribution in [2.24, 2.45) is 0 Å². The number of hydrogen-bond acceptors (Lipinski definition) is 7. The molecule has 0 unspecified atom stereocenters. The molecular weight excluding hydrogens is 418 g/mol. The van der Waals surface area contributed by atoms with Crippen molar-refractivity contribution >= 4 is 34.0 Å². The van der Waals surface area contributed by atoms with Crippen LogP contribution in [0.15, 0.2) is 29.4 Å². The molecule has 3 aromatic rings. The SMILES string of the molecule is COc1ccc(-c2nc(SCCC(=O)Nc3sc4c(c3C#N)CCCC4)n[nH]2)cc1. The Bertz CT molecular complexity index is 1080. The number of anilines is 1. The summed E-state index contributed by atoms with van der Waals surface area (Å²) in [6.07, 6.45) is 4.52. The van der Waals surface area contributed by atoms with E-state index in [1.54, 1.807) is 18.4 Å². The van der Waals surface area contributed by atoms with Crippen LogP contribution in [0.3, 0.4) is 0 Å². The first kappa shape index (κ1) is 20.4. The molecule has 0 aliphatic heterocycles. The average molecular weight is 440 g/mol. The molecule has 30 heavy (non-hydrogen) atoms. The summed E-state index contributed by atoms with van der Waals surface area (Å²) < 4.78 is 5.16. The number of carbonyl (C=O) groups excluding carboxylic acids is 1. The number of H-pyrrole nitrogens is 1. The predicted octanol–water partition coefficient (Wildman–Crippen LogP) is 4.41. The molecule has 1 aliphatic rings. The Kier molecular flexibility index (Phi) is 6.35. The average Bonchev–Trinajstić information content (AvgIpc) is 3.38. The maximum Gasteiger partial charge on any atom is 0.225 e. The lowest BCUT2D eigenvalue weighted by molar-refractivity contribution is -0.115. The van der Waals surface area contributed by atoms with Gasteiger partial charge in [-0.05, 0) is 55.5 Å². The van der Waals surface area contributed by atoms with Crippen LogP contribution in [-0.2, 0) is 17.6 Å². The van der Waals surface area contributed by atoms with Gasteiger partial charge in [0.1, 0.15) is 16.8 Å². The minimum absolute atomic E-state index is 0.0940. The van der Waals surface area contributed by atoms with Gasteiger partial charge in [0.2, 0.25) is 11.1 Å². The monoisotopic (exact) mass is 439 g/mol. The number of nitrogens with zero attached hydrogens (tertiary/aromatic N) is 3. The third kappa shape index (κ3) is 4.50. The molecule has 0 saturated carbocycles. The molecule has 0 radical (unpaired) electrons. The lowest BCUT2D eigenvalue weighted by Gasteiger charge is -2.09. The number of methoxy groups -OCH3 is 1. The van der Waals surface area contributed by atoms with Crippen molar-refractivity contribution in [3.63, 3.8) is 0 Å². The van der Waals surface area contributed by atoms with Crippen LogP contribution in [0.25, 0.3) is 11.4 Å². The lowest BCUT2D eigenvalue weighted by Crippen LogP contribution is -2.12. The molecule has 1 aliphatic carbocycles. The summed E-state index contributed by atoms with van der Waals surface area (Å²) in [5, 5.41) is 20.9. The second-order valence-corrected chi connectivity index (χ2v) is 9.04. The molecule has 0 saturated heterocycles. The first-order valence-electron chi connectivity index (χ1n) is 9.72. The number of amides is 1. The topological polar surface area (TPSA) is 104 Å². The van der Waals surface area contributed by atoms with E-state index in [0.29, 0.717) is 33.7 Å². The smallest absolute Gasteiger partial charge is 0.225 e. The Hall–Kier alpha value is -2.83. The number of ether oxygens (including phenoxy) is 1. The number of aromatic amines is 1. The quantitative estimate of drug-likeness (QED) is 0.529. The van der Waals surface area contributed by atoms with Gasteiger partial charge in [0, 0.05) is 22.6 Å². The van der Waals surface area contributed by atoms with E-state index in [9.17, 15) is 10.1 Å². The van der Waals surface area contributed by atoms with E-state index in [1.165, 1.54) is 16.6 Å². The molecule has 0 fully saturated rings. The summed E-state index contributed by atoms with van der Waals surface area (Å²) in [5.41, 5.74) is 2.69. The molecule has 0 bridgehead atoms. The van der Waals surface area contributed by atoms with E-state index in [0.717, 1.165) is 42.6 Å². The fourth-order valence-corrected chi connectivity index (χ4v) is 5.38. The van der Waals surface area contributed by atoms with E-state index in [2.05, 4.69) is 26.6 Å². The Morgan fingerprint density at radius 2 is 2.13 bits per heavy atom. The summed E-state index contributed by atoms with van der Waals surface area (Å²) >= 11 is 2.97. The van der Waals surface area contributed by atoms with Crippen LogP contribution in [0.1, 0.15) is 35.3 Å². The lowest BCUT2D eigenvalue weighted by atomic mass is 9.96. The highest BCUT2D eigenvalue weighted by atomic mass is 32.2. The molecule has 1 aromatic carbocycles. The second-order valence-electron chi connectivity index (χ2n) is 6.87. The van der Waals surface area contributed by atoms with Crippen LogP contribution in [0.2, 0.25) is 0 Å². The molecular formula is C21H21N5O2S2. The summed E-state index contributed by atoms with van der Waals surface area (Å²) in [6.45, 7) is 0. The van der Waals surface area contributed by atoms with Crippen LogP contribution >= 0.6 is 23.1 Å². The summed E-state index contributed by atoms with van der Waals surface area (Å²) in [5.74, 6) is 1.92. The van der Waals surface area contributed by atoms with Crippen molar-refractivity contribution in [1.29, 1.82) is 5.26 Å². The predicted molar refractivity (Wildman–Crippen MR) is 118 cm³/mol. The minimum Gasteiger partial charge on any atom is -0.497 e. The van der Waals surface area contributed by atoms with Crippen molar-refractivity contribution in [2.75, 3.05) is 18.2 Å². The molecule has 0 atom stereocenters. The van der Waals surface area contributed by atoms with Crippen LogP contribution in [0, 0.1) is 11.3 Å². The van der Waals surface area contributed by atoms with Gasteiger partial charge >= 0.3 is 0 Å². The zero-order chi connectivity index (χ0) is 20.9. The summed E-state index contributed by atoms with van der Waals surface area (Å²) in [6, 6.07) is 9.83. The number of rotatable bonds is 7. The van der Waals surface area contributed by atoms with Gasteiger partial charge < -0.3 is 10.1 Å². The number of nitrogens with one attached hydrogen (secondary N) is 2. The van der Waals surface area contributed by atoms with Gasteiger partial charge in [-0.15, -0.1) is 16.4 Å². The zero-order valence-electron chi connectivity index (χ0n) is 16.5. The number of thioether (sulfide) groups is 1. The number of thiophene rings is 1. The van der Waals surface area contributed by atoms with Gasteiger partial charge in [-0.1, -0.05) is 11.8 Å². The minimum atomic E-state index is -0.0940. The molecule has 9 heteroatoms. The number of aromatic nitrogens is 3. The molecule has 2 heterocycles. The van der Waals surface area contributed by atoms with Crippen molar-refractivity contribution in [3.05, 3.63) is 40.3 Å². The highest BCUT2D eigenvalue weighted by Gasteiger charge is 2.21. The van der Waals surface area contributed by atoms with E-state index in [1.807, 2.05) is 24.3 Å². The molecule has 4 rings (SSSR count). The Morgan fingerprint density at radius 3 is 2.90 bits per heavy atom. The molecule has 0 spiro atoms. The maximum absolute atomic E-state index is 12.4. The Labute approximate surface area is 182 Å². The number of aryl methyl sites for hydroxylation is 1. The van der Waals surface area contributed by atoms with Gasteiger partial charge in [0.05, 0.1) is 12.7 Å². The van der Waals surface area contributed by atoms with Crippen molar-refractivity contribution in [1.82, 2.24) is 15.2 Å². The number of carbonyl (C=O) groups is 1. The van der Waals surface area contributed by atoms with E-state index < -0.39 is 0 Å². The van der Waals surface area contributed by atoms with Gasteiger partial charge in [0.25, 0.3) is 0 Å². The van der Waals surface area contributed by atoms with Crippen LogP contribution in [0.4, 0.5) is 5.00 Å². The van der Waals surface area contributed by atoms with Gasteiger partial charge in [-0.2, -0.15) is 5.26 Å².